The van der Waals surface area contributed by atoms with Crippen molar-refractivity contribution in [1.29, 1.82) is 0 Å². The van der Waals surface area contributed by atoms with Gasteiger partial charge in [-0.1, -0.05) is 0 Å². The van der Waals surface area contributed by atoms with Crippen LogP contribution < -0.4 is 5.32 Å². The Kier molecular flexibility index (Phi) is 4.68. The summed E-state index contributed by atoms with van der Waals surface area (Å²) in [5.41, 5.74) is 0. The number of amides is 1. The molecule has 0 aliphatic rings. The third kappa shape index (κ3) is 4.88. The highest BCUT2D eigenvalue weighted by Gasteiger charge is 2.05. The quantitative estimate of drug-likeness (QED) is 0.918. The van der Waals surface area contributed by atoms with Crippen molar-refractivity contribution >= 4 is 27.7 Å². The van der Waals surface area contributed by atoms with Gasteiger partial charge in [0.25, 0.3) is 0 Å². The molecule has 0 saturated carbocycles. The second-order valence-electron chi connectivity index (χ2n) is 3.23. The monoisotopic (exact) mass is 274 g/mol. The van der Waals surface area contributed by atoms with E-state index in [1.807, 2.05) is 0 Å². The predicted octanol–water partition coefficient (Wildman–Crippen LogP) is 2.92. The Hall–Kier alpha value is -0.970. The van der Waals surface area contributed by atoms with Gasteiger partial charge < -0.3 is 5.32 Å². The summed E-state index contributed by atoms with van der Waals surface area (Å²) in [6.07, 6.45) is 1.05. The van der Waals surface area contributed by atoms with Gasteiger partial charge in [0.1, 0.15) is 5.82 Å². The molecule has 0 aliphatic carbocycles. The summed E-state index contributed by atoms with van der Waals surface area (Å²) >= 11 is 3.24. The zero-order chi connectivity index (χ0) is 11.3. The van der Waals surface area contributed by atoms with Crippen molar-refractivity contribution in [2.75, 3.05) is 5.32 Å². The van der Waals surface area contributed by atoms with Crippen LogP contribution in [-0.4, -0.2) is 17.1 Å². The highest BCUT2D eigenvalue weighted by molar-refractivity contribution is 9.10. The van der Waals surface area contributed by atoms with E-state index in [1.165, 1.54) is 6.92 Å². The first kappa shape index (κ1) is 12.1. The van der Waals surface area contributed by atoms with Crippen LogP contribution >= 0.6 is 15.9 Å². The molecule has 0 spiro atoms. The Morgan fingerprint density at radius 1 is 1.67 bits per heavy atom. The van der Waals surface area contributed by atoms with Gasteiger partial charge >= 0.3 is 0 Å². The number of rotatable bonds is 4. The molecule has 0 aromatic carbocycles. The number of aromatic nitrogens is 1. The summed E-state index contributed by atoms with van der Waals surface area (Å²) < 4.78 is 13.3. The van der Waals surface area contributed by atoms with Crippen LogP contribution in [0.2, 0.25) is 0 Å². The number of carbonyl (C=O) groups excluding carboxylic acids is 1. The van der Waals surface area contributed by atoms with Crippen molar-refractivity contribution in [2.45, 2.75) is 25.9 Å². The fourth-order valence-corrected chi connectivity index (χ4v) is 1.22. The summed E-state index contributed by atoms with van der Waals surface area (Å²) in [5.74, 6) is 0.268. The molecule has 5 heteroatoms. The van der Waals surface area contributed by atoms with Crippen molar-refractivity contribution in [2.24, 2.45) is 0 Å². The maximum absolute atomic E-state index is 12.5. The molecule has 82 valence electrons. The van der Waals surface area contributed by atoms with Gasteiger partial charge in [-0.05, 0) is 41.4 Å². The van der Waals surface area contributed by atoms with Crippen LogP contribution in [0.3, 0.4) is 0 Å². The highest BCUT2D eigenvalue weighted by atomic mass is 79.9. The zero-order valence-electron chi connectivity index (χ0n) is 8.34. The fourth-order valence-electron chi connectivity index (χ4n) is 0.985. The second kappa shape index (κ2) is 5.80. The summed E-state index contributed by atoms with van der Waals surface area (Å²) in [5, 5.41) is 2.59. The molecule has 1 atom stereocenters. The highest BCUT2D eigenvalue weighted by Crippen LogP contribution is 2.11. The Morgan fingerprint density at radius 3 is 2.93 bits per heavy atom. The van der Waals surface area contributed by atoms with E-state index in [0.29, 0.717) is 5.82 Å². The molecule has 1 aromatic heterocycles. The number of halogens is 2. The Morgan fingerprint density at radius 2 is 2.40 bits per heavy atom. The van der Waals surface area contributed by atoms with Gasteiger partial charge in [0.05, 0.1) is 6.17 Å². The molecule has 1 N–H and O–H groups in total. The number of nitrogens with zero attached hydrogens (tertiary/aromatic N) is 1. The summed E-state index contributed by atoms with van der Waals surface area (Å²) in [6.45, 7) is 1.44. The number of anilines is 1. The number of nitrogens with one attached hydrogen (secondary N) is 1. The molecule has 0 fully saturated rings. The van der Waals surface area contributed by atoms with E-state index in [-0.39, 0.29) is 18.7 Å². The maximum Gasteiger partial charge on any atom is 0.225 e. The largest absolute Gasteiger partial charge is 0.311 e. The van der Waals surface area contributed by atoms with E-state index < -0.39 is 6.17 Å². The molecule has 15 heavy (non-hydrogen) atoms. The smallest absolute Gasteiger partial charge is 0.225 e. The number of carbonyl (C=O) groups is 1. The molecule has 0 radical (unpaired) electrons. The molecular weight excluding hydrogens is 263 g/mol. The van der Waals surface area contributed by atoms with Crippen molar-refractivity contribution < 1.29 is 9.18 Å². The standard InChI is InChI=1S/C10H12BrFN2O/c1-7(12)2-5-10(15)14-9-4-3-8(11)6-13-9/h3-4,6-7H,2,5H2,1H3,(H,13,14,15). The van der Waals surface area contributed by atoms with E-state index in [0.717, 1.165) is 4.47 Å². The molecule has 0 bridgehead atoms. The lowest BCUT2D eigenvalue weighted by Crippen LogP contribution is -2.13. The van der Waals surface area contributed by atoms with Crippen LogP contribution in [0.1, 0.15) is 19.8 Å². The molecule has 3 nitrogen and oxygen atoms in total. The van der Waals surface area contributed by atoms with Crippen LogP contribution in [-0.2, 0) is 4.79 Å². The molecule has 1 unspecified atom stereocenters. The number of pyridine rings is 1. The predicted molar refractivity (Wildman–Crippen MR) is 60.4 cm³/mol. The zero-order valence-corrected chi connectivity index (χ0v) is 9.92. The van der Waals surface area contributed by atoms with Gasteiger partial charge in [-0.15, -0.1) is 0 Å². The van der Waals surface area contributed by atoms with Gasteiger partial charge in [0.15, 0.2) is 0 Å². The van der Waals surface area contributed by atoms with E-state index in [1.54, 1.807) is 18.3 Å². The van der Waals surface area contributed by atoms with Gasteiger partial charge in [-0.25, -0.2) is 9.37 Å². The molecule has 0 aliphatic heterocycles. The normalized spacial score (nSPS) is 12.2. The van der Waals surface area contributed by atoms with Crippen molar-refractivity contribution in [3.8, 4) is 0 Å². The average molecular weight is 275 g/mol. The van der Waals surface area contributed by atoms with Gasteiger partial charge in [-0.3, -0.25) is 4.79 Å². The molecule has 0 saturated heterocycles. The first-order valence-electron chi connectivity index (χ1n) is 4.63. The number of alkyl halides is 1. The van der Waals surface area contributed by atoms with Gasteiger partial charge in [-0.2, -0.15) is 0 Å². The minimum atomic E-state index is -0.950. The second-order valence-corrected chi connectivity index (χ2v) is 4.14. The molecule has 1 rings (SSSR count). The van der Waals surface area contributed by atoms with Crippen LogP contribution in [0.15, 0.2) is 22.8 Å². The lowest BCUT2D eigenvalue weighted by molar-refractivity contribution is -0.116. The minimum absolute atomic E-state index is 0.176. The summed E-state index contributed by atoms with van der Waals surface area (Å²) in [7, 11) is 0. The van der Waals surface area contributed by atoms with Crippen LogP contribution in [0.25, 0.3) is 0 Å². The van der Waals surface area contributed by atoms with Crippen molar-refractivity contribution in [1.82, 2.24) is 4.98 Å². The Bertz CT molecular complexity index is 327. The fraction of sp³-hybridized carbons (Fsp3) is 0.400. The van der Waals surface area contributed by atoms with Crippen molar-refractivity contribution in [3.05, 3.63) is 22.8 Å². The average Bonchev–Trinajstić information content (AvgIpc) is 2.19. The van der Waals surface area contributed by atoms with E-state index in [9.17, 15) is 9.18 Å². The molecule has 1 amide bonds. The lowest BCUT2D eigenvalue weighted by atomic mass is 10.2. The lowest BCUT2D eigenvalue weighted by Gasteiger charge is -2.04. The maximum atomic E-state index is 12.5. The van der Waals surface area contributed by atoms with Crippen LogP contribution in [0.4, 0.5) is 10.2 Å². The van der Waals surface area contributed by atoms with Gasteiger partial charge in [0.2, 0.25) is 5.91 Å². The van der Waals surface area contributed by atoms with Crippen molar-refractivity contribution in [3.63, 3.8) is 0 Å². The summed E-state index contributed by atoms with van der Waals surface area (Å²) in [4.78, 5) is 15.2. The Balaban J connectivity index is 2.41. The number of hydrogen-bond acceptors (Lipinski definition) is 2. The molecule has 1 aromatic rings. The van der Waals surface area contributed by atoms with E-state index in [2.05, 4.69) is 26.2 Å². The van der Waals surface area contributed by atoms with Crippen LogP contribution in [0.5, 0.6) is 0 Å². The van der Waals surface area contributed by atoms with Gasteiger partial charge in [0, 0.05) is 17.1 Å². The van der Waals surface area contributed by atoms with E-state index >= 15 is 0 Å². The first-order chi connectivity index (χ1) is 7.08. The Labute approximate surface area is 96.2 Å². The number of hydrogen-bond donors (Lipinski definition) is 1. The minimum Gasteiger partial charge on any atom is -0.311 e. The molecule has 1 heterocycles. The topological polar surface area (TPSA) is 42.0 Å². The third-order valence-electron chi connectivity index (χ3n) is 1.76. The van der Waals surface area contributed by atoms with Crippen LogP contribution in [0, 0.1) is 0 Å². The first-order valence-corrected chi connectivity index (χ1v) is 5.42. The summed E-state index contributed by atoms with van der Waals surface area (Å²) in [6, 6.07) is 3.46. The SMILES string of the molecule is CC(F)CCC(=O)Nc1ccc(Br)cn1. The third-order valence-corrected chi connectivity index (χ3v) is 2.23. The van der Waals surface area contributed by atoms with E-state index in [4.69, 9.17) is 0 Å². The molecular formula is C10H12BrFN2O.